The van der Waals surface area contributed by atoms with Crippen LogP contribution in [0, 0.1) is 0 Å². The lowest BCUT2D eigenvalue weighted by Crippen LogP contribution is -2.49. The van der Waals surface area contributed by atoms with E-state index in [0.717, 1.165) is 0 Å². The van der Waals surface area contributed by atoms with Crippen LogP contribution < -0.4 is 25.8 Å². The minimum absolute atomic E-state index is 0.0286. The van der Waals surface area contributed by atoms with Crippen LogP contribution >= 0.6 is 11.6 Å². The number of aliphatic hydroxyl groups is 1. The summed E-state index contributed by atoms with van der Waals surface area (Å²) >= 11 is 6.35. The summed E-state index contributed by atoms with van der Waals surface area (Å²) in [6.45, 7) is 3.29. The van der Waals surface area contributed by atoms with Gasteiger partial charge in [0.15, 0.2) is 11.6 Å². The summed E-state index contributed by atoms with van der Waals surface area (Å²) < 4.78 is 34.5. The van der Waals surface area contributed by atoms with E-state index in [1.165, 1.54) is 19.2 Å². The number of hydrogen-bond donors (Lipinski definition) is 5. The zero-order valence-corrected chi connectivity index (χ0v) is 21.9. The molecule has 0 aliphatic carbocycles. The minimum atomic E-state index is -4.12. The lowest BCUT2D eigenvalue weighted by molar-refractivity contribution is 0.130. The monoisotopic (exact) mass is 542 g/mol. The van der Waals surface area contributed by atoms with Crippen molar-refractivity contribution < 1.29 is 18.3 Å². The molecule has 6 N–H and O–H groups in total. The van der Waals surface area contributed by atoms with Crippen molar-refractivity contribution in [3.63, 3.8) is 0 Å². The number of aliphatic hydroxyl groups excluding tert-OH is 1. The van der Waals surface area contributed by atoms with Gasteiger partial charge in [-0.25, -0.2) is 18.4 Å². The SMILES string of the molecule is COc1ccc(Cl)c(Nc2nc3ccccc3nc2NS(=O)(=O)c2cccc(NC(O)C(C)(C)N)c2)c1. The van der Waals surface area contributed by atoms with Crippen LogP contribution in [0.15, 0.2) is 71.6 Å². The van der Waals surface area contributed by atoms with E-state index in [2.05, 4.69) is 25.3 Å². The Balaban J connectivity index is 1.71. The maximum Gasteiger partial charge on any atom is 0.263 e. The van der Waals surface area contributed by atoms with Crippen molar-refractivity contribution in [2.45, 2.75) is 30.5 Å². The second kappa shape index (κ2) is 10.4. The summed E-state index contributed by atoms with van der Waals surface area (Å²) in [6.07, 6.45) is -1.10. The lowest BCUT2D eigenvalue weighted by atomic mass is 10.1. The first-order valence-corrected chi connectivity index (χ1v) is 13.1. The molecule has 0 aliphatic rings. The molecule has 37 heavy (non-hydrogen) atoms. The number of nitrogens with zero attached hydrogens (tertiary/aromatic N) is 2. The number of halogens is 1. The van der Waals surface area contributed by atoms with E-state index in [1.807, 2.05) is 0 Å². The van der Waals surface area contributed by atoms with Crippen LogP contribution in [0.1, 0.15) is 13.8 Å². The van der Waals surface area contributed by atoms with Gasteiger partial charge in [0.05, 0.1) is 39.3 Å². The molecule has 194 valence electrons. The average Bonchev–Trinajstić information content (AvgIpc) is 2.85. The molecule has 1 unspecified atom stereocenters. The molecule has 1 heterocycles. The van der Waals surface area contributed by atoms with Gasteiger partial charge in [-0.2, -0.15) is 0 Å². The van der Waals surface area contributed by atoms with Gasteiger partial charge in [0.1, 0.15) is 12.0 Å². The Morgan fingerprint density at radius 1 is 1.00 bits per heavy atom. The van der Waals surface area contributed by atoms with Crippen molar-refractivity contribution in [2.75, 3.05) is 22.5 Å². The molecule has 4 aromatic rings. The number of para-hydroxylation sites is 2. The molecule has 0 aliphatic heterocycles. The number of sulfonamides is 1. The van der Waals surface area contributed by atoms with Gasteiger partial charge in [-0.3, -0.25) is 4.72 Å². The molecule has 3 aromatic carbocycles. The standard InChI is InChI=1S/C25H27ClN6O4S/c1-25(2,27)24(33)28-15-7-6-8-17(13-15)37(34,35)32-23-22(29-19-9-4-5-10-20(19)30-23)31-21-14-16(36-3)11-12-18(21)26/h4-14,24,28,33H,27H2,1-3H3,(H,29,31)(H,30,32). The molecule has 1 aromatic heterocycles. The lowest BCUT2D eigenvalue weighted by Gasteiger charge is -2.27. The number of hydrogen-bond acceptors (Lipinski definition) is 9. The molecule has 0 saturated carbocycles. The Morgan fingerprint density at radius 3 is 2.32 bits per heavy atom. The molecule has 0 radical (unpaired) electrons. The maximum atomic E-state index is 13.4. The number of fused-ring (bicyclic) bond motifs is 1. The number of rotatable bonds is 9. The van der Waals surface area contributed by atoms with Crippen molar-refractivity contribution in [3.8, 4) is 5.75 Å². The van der Waals surface area contributed by atoms with Crippen LogP contribution in [-0.2, 0) is 10.0 Å². The largest absolute Gasteiger partial charge is 0.497 e. The third kappa shape index (κ3) is 6.20. The minimum Gasteiger partial charge on any atom is -0.497 e. The predicted molar refractivity (Wildman–Crippen MR) is 146 cm³/mol. The van der Waals surface area contributed by atoms with Crippen LogP contribution in [0.25, 0.3) is 11.0 Å². The Kier molecular flexibility index (Phi) is 7.42. The predicted octanol–water partition coefficient (Wildman–Crippen LogP) is 4.30. The highest BCUT2D eigenvalue weighted by Gasteiger charge is 2.24. The van der Waals surface area contributed by atoms with Gasteiger partial charge in [0.25, 0.3) is 10.0 Å². The summed E-state index contributed by atoms with van der Waals surface area (Å²) in [7, 11) is -2.59. The second-order valence-corrected chi connectivity index (χ2v) is 11.0. The van der Waals surface area contributed by atoms with Crippen LogP contribution in [-0.4, -0.2) is 42.4 Å². The van der Waals surface area contributed by atoms with Crippen LogP contribution in [0.5, 0.6) is 5.75 Å². The van der Waals surface area contributed by atoms with E-state index < -0.39 is 21.8 Å². The summed E-state index contributed by atoms with van der Waals surface area (Å²) in [5, 5.41) is 16.5. The van der Waals surface area contributed by atoms with E-state index in [1.54, 1.807) is 68.4 Å². The molecule has 0 fully saturated rings. The summed E-state index contributed by atoms with van der Waals surface area (Å²) in [6, 6.07) is 18.1. The fourth-order valence-corrected chi connectivity index (χ4v) is 4.52. The zero-order valence-electron chi connectivity index (χ0n) is 20.4. The van der Waals surface area contributed by atoms with E-state index in [9.17, 15) is 13.5 Å². The fourth-order valence-electron chi connectivity index (χ4n) is 3.30. The molecule has 12 heteroatoms. The Bertz CT molecular complexity index is 1540. The summed E-state index contributed by atoms with van der Waals surface area (Å²) in [5.74, 6) is 0.668. The number of nitrogens with two attached hydrogens (primary N) is 1. The zero-order chi connectivity index (χ0) is 26.8. The van der Waals surface area contributed by atoms with Crippen LogP contribution in [0.4, 0.5) is 23.0 Å². The van der Waals surface area contributed by atoms with Gasteiger partial charge < -0.3 is 26.2 Å². The molecule has 0 saturated heterocycles. The van der Waals surface area contributed by atoms with E-state index in [0.29, 0.717) is 33.2 Å². The van der Waals surface area contributed by atoms with Crippen molar-refractivity contribution in [1.82, 2.24) is 9.97 Å². The van der Waals surface area contributed by atoms with Crippen LogP contribution in [0.3, 0.4) is 0 Å². The molecule has 0 bridgehead atoms. The van der Waals surface area contributed by atoms with Crippen molar-refractivity contribution in [1.29, 1.82) is 0 Å². The first kappa shape index (κ1) is 26.4. The Morgan fingerprint density at radius 2 is 1.68 bits per heavy atom. The Labute approximate surface area is 219 Å². The Hall–Kier alpha value is -3.64. The van der Waals surface area contributed by atoms with E-state index in [4.69, 9.17) is 22.1 Å². The number of methoxy groups -OCH3 is 1. The van der Waals surface area contributed by atoms with Gasteiger partial charge in [0.2, 0.25) is 0 Å². The van der Waals surface area contributed by atoms with Gasteiger partial charge in [0, 0.05) is 11.8 Å². The molecule has 1 atom stereocenters. The van der Waals surface area contributed by atoms with Gasteiger partial charge in [-0.1, -0.05) is 29.8 Å². The quantitative estimate of drug-likeness (QED) is 0.195. The van der Waals surface area contributed by atoms with Crippen molar-refractivity contribution in [2.24, 2.45) is 5.73 Å². The highest BCUT2D eigenvalue weighted by molar-refractivity contribution is 7.92. The smallest absolute Gasteiger partial charge is 0.263 e. The second-order valence-electron chi connectivity index (χ2n) is 8.88. The molecule has 4 rings (SSSR count). The number of nitrogens with one attached hydrogen (secondary N) is 3. The van der Waals surface area contributed by atoms with E-state index in [-0.39, 0.29) is 16.5 Å². The summed E-state index contributed by atoms with van der Waals surface area (Å²) in [5.41, 5.74) is 6.85. The molecule has 10 nitrogen and oxygen atoms in total. The first-order valence-electron chi connectivity index (χ1n) is 11.2. The average molecular weight is 543 g/mol. The third-order valence-electron chi connectivity index (χ3n) is 5.38. The van der Waals surface area contributed by atoms with Crippen LogP contribution in [0.2, 0.25) is 5.02 Å². The normalized spacial score (nSPS) is 12.7. The molecular formula is C25H27ClN6O4S. The van der Waals surface area contributed by atoms with Crippen molar-refractivity contribution >= 4 is 55.7 Å². The van der Waals surface area contributed by atoms with Gasteiger partial charge >= 0.3 is 0 Å². The number of ether oxygens (including phenoxy) is 1. The molecular weight excluding hydrogens is 516 g/mol. The number of aromatic nitrogens is 2. The highest BCUT2D eigenvalue weighted by Crippen LogP contribution is 2.33. The van der Waals surface area contributed by atoms with Gasteiger partial charge in [-0.15, -0.1) is 0 Å². The number of anilines is 4. The third-order valence-corrected chi connectivity index (χ3v) is 7.05. The van der Waals surface area contributed by atoms with Gasteiger partial charge in [-0.05, 0) is 56.3 Å². The van der Waals surface area contributed by atoms with Crippen molar-refractivity contribution in [3.05, 3.63) is 71.8 Å². The fraction of sp³-hybridized carbons (Fsp3) is 0.200. The van der Waals surface area contributed by atoms with E-state index >= 15 is 0 Å². The highest BCUT2D eigenvalue weighted by atomic mass is 35.5. The molecule has 0 spiro atoms. The molecule has 0 amide bonds. The maximum absolute atomic E-state index is 13.4. The number of benzene rings is 3. The topological polar surface area (TPSA) is 151 Å². The summed E-state index contributed by atoms with van der Waals surface area (Å²) in [4.78, 5) is 9.01. The first-order chi connectivity index (χ1) is 17.5.